The van der Waals surface area contributed by atoms with Crippen molar-refractivity contribution in [2.24, 2.45) is 0 Å². The molecule has 3 rings (SSSR count). The number of carboxylic acids is 1. The molecule has 1 aromatic heterocycles. The minimum absolute atomic E-state index is 0.0431. The fourth-order valence-electron chi connectivity index (χ4n) is 2.63. The number of rotatable bonds is 2. The first-order valence-electron chi connectivity index (χ1n) is 6.73. The van der Waals surface area contributed by atoms with Crippen LogP contribution in [0.5, 0.6) is 11.5 Å². The summed E-state index contributed by atoms with van der Waals surface area (Å²) in [5.74, 6) is -3.53. The summed E-state index contributed by atoms with van der Waals surface area (Å²) in [7, 11) is 1.25. The Bertz CT molecular complexity index is 877. The minimum Gasteiger partial charge on any atom is -0.504 e. The van der Waals surface area contributed by atoms with E-state index in [0.29, 0.717) is 0 Å². The summed E-state index contributed by atoms with van der Waals surface area (Å²) in [6.45, 7) is 1.21. The number of carboxylic acid groups (broad SMARTS) is 1. The first-order valence-corrected chi connectivity index (χ1v) is 6.73. The maximum Gasteiger partial charge on any atom is 0.340 e. The molecule has 0 spiro atoms. The van der Waals surface area contributed by atoms with Crippen LogP contribution < -0.4 is 10.2 Å². The summed E-state index contributed by atoms with van der Waals surface area (Å²) < 4.78 is 15.7. The first kappa shape index (κ1) is 15.3. The molecule has 122 valence electrons. The molecular weight excluding hydrogens is 308 g/mol. The van der Waals surface area contributed by atoms with Crippen molar-refractivity contribution in [3.05, 3.63) is 33.2 Å². The van der Waals surface area contributed by atoms with Gasteiger partial charge in [0.1, 0.15) is 16.9 Å². The zero-order valence-corrected chi connectivity index (χ0v) is 12.4. The minimum atomic E-state index is -1.48. The highest BCUT2D eigenvalue weighted by Gasteiger charge is 2.34. The first-order chi connectivity index (χ1) is 10.7. The average Bonchev–Trinajstić information content (AvgIpc) is 2.45. The molecule has 3 N–H and O–H groups in total. The van der Waals surface area contributed by atoms with Gasteiger partial charge in [-0.2, -0.15) is 0 Å². The van der Waals surface area contributed by atoms with E-state index in [9.17, 15) is 24.9 Å². The average molecular weight is 322 g/mol. The van der Waals surface area contributed by atoms with Crippen LogP contribution in [0.15, 0.2) is 15.3 Å². The summed E-state index contributed by atoms with van der Waals surface area (Å²) in [5.41, 5.74) is -1.13. The molecule has 0 saturated heterocycles. The second-order valence-electron chi connectivity index (χ2n) is 5.45. The highest BCUT2D eigenvalue weighted by Crippen LogP contribution is 2.37. The van der Waals surface area contributed by atoms with Gasteiger partial charge >= 0.3 is 5.97 Å². The largest absolute Gasteiger partial charge is 0.504 e. The van der Waals surface area contributed by atoms with Crippen molar-refractivity contribution in [2.45, 2.75) is 25.7 Å². The fraction of sp³-hybridized carbons (Fsp3) is 0.333. The standard InChI is InChI=1S/C15H14O8/c1-15(20)4-9-6(5-22-15)12(16)10-7(23-9)3-8(21-2)13(17)11(10)14(18)19/h3,17,20H,4-5H2,1-2H3,(H,18,19). The SMILES string of the molecule is COc1cc2oc3c(c(=O)c2c(C(=O)O)c1O)COC(C)(O)C3. The van der Waals surface area contributed by atoms with E-state index < -0.39 is 28.5 Å². The lowest BCUT2D eigenvalue weighted by Crippen LogP contribution is -2.37. The Hall–Kier alpha value is -2.58. The van der Waals surface area contributed by atoms with Gasteiger partial charge in [0.15, 0.2) is 22.7 Å². The lowest BCUT2D eigenvalue weighted by molar-refractivity contribution is -0.207. The summed E-state index contributed by atoms with van der Waals surface area (Å²) in [5, 5.41) is 29.0. The molecule has 1 aliphatic rings. The van der Waals surface area contributed by atoms with Crippen molar-refractivity contribution >= 4 is 16.9 Å². The second kappa shape index (κ2) is 4.97. The highest BCUT2D eigenvalue weighted by molar-refractivity contribution is 6.06. The number of phenols is 1. The topological polar surface area (TPSA) is 126 Å². The van der Waals surface area contributed by atoms with E-state index >= 15 is 0 Å². The highest BCUT2D eigenvalue weighted by atomic mass is 16.6. The van der Waals surface area contributed by atoms with Crippen LogP contribution in [0.1, 0.15) is 28.6 Å². The van der Waals surface area contributed by atoms with Gasteiger partial charge < -0.3 is 29.2 Å². The van der Waals surface area contributed by atoms with Crippen LogP contribution in [0, 0.1) is 0 Å². The Labute approximate surface area is 129 Å². The van der Waals surface area contributed by atoms with Crippen LogP contribution in [0.2, 0.25) is 0 Å². The smallest absolute Gasteiger partial charge is 0.340 e. The predicted octanol–water partition coefficient (Wildman–Crippen LogP) is 0.987. The summed E-state index contributed by atoms with van der Waals surface area (Å²) in [6.07, 6.45) is -0.0564. The van der Waals surface area contributed by atoms with Gasteiger partial charge in [0.05, 0.1) is 31.1 Å². The molecule has 0 fully saturated rings. The van der Waals surface area contributed by atoms with Gasteiger partial charge in [-0.25, -0.2) is 4.79 Å². The molecule has 0 bridgehead atoms. The van der Waals surface area contributed by atoms with Crippen molar-refractivity contribution in [3.8, 4) is 11.5 Å². The monoisotopic (exact) mass is 322 g/mol. The van der Waals surface area contributed by atoms with Crippen LogP contribution in [-0.4, -0.2) is 34.2 Å². The van der Waals surface area contributed by atoms with Crippen LogP contribution in [0.25, 0.3) is 11.0 Å². The Morgan fingerprint density at radius 1 is 1.43 bits per heavy atom. The van der Waals surface area contributed by atoms with Gasteiger partial charge in [-0.3, -0.25) is 4.79 Å². The number of fused-ring (bicyclic) bond motifs is 2. The van der Waals surface area contributed by atoms with E-state index in [4.69, 9.17) is 13.9 Å². The zero-order chi connectivity index (χ0) is 16.9. The fourth-order valence-corrected chi connectivity index (χ4v) is 2.63. The Morgan fingerprint density at radius 2 is 2.13 bits per heavy atom. The number of aromatic hydroxyl groups is 1. The molecule has 1 aliphatic heterocycles. The lowest BCUT2D eigenvalue weighted by Gasteiger charge is -2.28. The molecule has 1 aromatic carbocycles. The third kappa shape index (κ3) is 2.32. The number of aromatic carboxylic acids is 1. The summed E-state index contributed by atoms with van der Waals surface area (Å²) >= 11 is 0. The predicted molar refractivity (Wildman–Crippen MR) is 76.8 cm³/mol. The van der Waals surface area contributed by atoms with Gasteiger partial charge in [0, 0.05) is 6.07 Å². The van der Waals surface area contributed by atoms with E-state index in [1.807, 2.05) is 0 Å². The number of ether oxygens (including phenoxy) is 2. The molecule has 8 nitrogen and oxygen atoms in total. The van der Waals surface area contributed by atoms with Crippen molar-refractivity contribution in [1.29, 1.82) is 0 Å². The second-order valence-corrected chi connectivity index (χ2v) is 5.45. The Kier molecular flexibility index (Phi) is 3.31. The van der Waals surface area contributed by atoms with Crippen LogP contribution >= 0.6 is 0 Å². The van der Waals surface area contributed by atoms with Gasteiger partial charge in [-0.1, -0.05) is 0 Å². The molecular formula is C15H14O8. The van der Waals surface area contributed by atoms with Gasteiger partial charge in [-0.15, -0.1) is 0 Å². The number of aliphatic hydroxyl groups is 1. The number of hydrogen-bond acceptors (Lipinski definition) is 7. The maximum atomic E-state index is 12.6. The molecule has 2 aromatic rings. The van der Waals surface area contributed by atoms with Crippen molar-refractivity contribution in [1.82, 2.24) is 0 Å². The molecule has 23 heavy (non-hydrogen) atoms. The molecule has 0 aliphatic carbocycles. The van der Waals surface area contributed by atoms with Crippen LogP contribution in [0.4, 0.5) is 0 Å². The Balaban J connectivity index is 2.42. The van der Waals surface area contributed by atoms with E-state index in [0.717, 1.165) is 0 Å². The molecule has 0 saturated carbocycles. The maximum absolute atomic E-state index is 12.6. The molecule has 8 heteroatoms. The van der Waals surface area contributed by atoms with E-state index in [1.165, 1.54) is 20.1 Å². The molecule has 0 amide bonds. The van der Waals surface area contributed by atoms with Crippen molar-refractivity contribution in [2.75, 3.05) is 7.11 Å². The summed E-state index contributed by atoms with van der Waals surface area (Å²) in [6, 6.07) is 1.24. The quantitative estimate of drug-likeness (QED) is 0.747. The van der Waals surface area contributed by atoms with Crippen molar-refractivity contribution < 1.29 is 34.0 Å². The number of hydrogen-bond donors (Lipinski definition) is 3. The summed E-state index contributed by atoms with van der Waals surface area (Å²) in [4.78, 5) is 24.1. The Morgan fingerprint density at radius 3 is 2.74 bits per heavy atom. The lowest BCUT2D eigenvalue weighted by atomic mass is 9.99. The number of benzene rings is 1. The van der Waals surface area contributed by atoms with Crippen LogP contribution in [-0.2, 0) is 17.8 Å². The molecule has 1 atom stereocenters. The van der Waals surface area contributed by atoms with E-state index in [-0.39, 0.29) is 41.1 Å². The zero-order valence-electron chi connectivity index (χ0n) is 12.4. The van der Waals surface area contributed by atoms with Gasteiger partial charge in [0.25, 0.3) is 0 Å². The molecule has 1 unspecified atom stereocenters. The third-order valence-electron chi connectivity index (χ3n) is 3.75. The number of methoxy groups -OCH3 is 1. The van der Waals surface area contributed by atoms with E-state index in [1.54, 1.807) is 0 Å². The number of carbonyl (C=O) groups is 1. The van der Waals surface area contributed by atoms with Gasteiger partial charge in [-0.05, 0) is 6.92 Å². The third-order valence-corrected chi connectivity index (χ3v) is 3.75. The van der Waals surface area contributed by atoms with Crippen molar-refractivity contribution in [3.63, 3.8) is 0 Å². The molecule has 2 heterocycles. The van der Waals surface area contributed by atoms with Crippen LogP contribution in [0.3, 0.4) is 0 Å². The van der Waals surface area contributed by atoms with Gasteiger partial charge in [0.2, 0.25) is 0 Å². The molecule has 0 radical (unpaired) electrons. The normalized spacial score (nSPS) is 20.3. The van der Waals surface area contributed by atoms with E-state index in [2.05, 4.69) is 0 Å².